The van der Waals surface area contributed by atoms with Crippen LogP contribution in [0.2, 0.25) is 0 Å². The van der Waals surface area contributed by atoms with E-state index in [1.807, 2.05) is 59.5 Å². The van der Waals surface area contributed by atoms with E-state index in [4.69, 9.17) is 4.74 Å². The number of likely N-dealkylation sites (tertiary alicyclic amines) is 2. The summed E-state index contributed by atoms with van der Waals surface area (Å²) in [5.41, 5.74) is 1.03. The van der Waals surface area contributed by atoms with Gasteiger partial charge in [-0.25, -0.2) is 0 Å². The zero-order valence-corrected chi connectivity index (χ0v) is 18.0. The summed E-state index contributed by atoms with van der Waals surface area (Å²) in [6.07, 6.45) is 2.04. The Hall–Kier alpha value is -2.86. The molecule has 2 saturated heterocycles. The van der Waals surface area contributed by atoms with Gasteiger partial charge in [0.15, 0.2) is 0 Å². The molecule has 31 heavy (non-hydrogen) atoms. The Bertz CT molecular complexity index is 922. The quantitative estimate of drug-likeness (QED) is 0.804. The van der Waals surface area contributed by atoms with Crippen molar-refractivity contribution in [2.75, 3.05) is 26.7 Å². The van der Waals surface area contributed by atoms with E-state index in [-0.39, 0.29) is 17.7 Å². The first-order valence-corrected chi connectivity index (χ1v) is 11.0. The Labute approximate surface area is 183 Å². The van der Waals surface area contributed by atoms with Crippen LogP contribution in [0.3, 0.4) is 0 Å². The van der Waals surface area contributed by atoms with Crippen molar-refractivity contribution < 1.29 is 19.4 Å². The number of rotatable bonds is 5. The standard InChI is InChI=1S/C25H30N2O4/c1-31-22-9-5-6-19(16-22)17-27-18-20(10-11-23(27)28)24(29)26-14-12-25(30,13-15-26)21-7-3-2-4-8-21/h2-9,16,20,30H,10-15,17-18H2,1H3/t20-/m1/s1. The molecule has 0 saturated carbocycles. The molecular formula is C25H30N2O4. The molecule has 6 nitrogen and oxygen atoms in total. The average molecular weight is 423 g/mol. The molecule has 6 heteroatoms. The summed E-state index contributed by atoms with van der Waals surface area (Å²) in [6, 6.07) is 17.4. The molecule has 2 fully saturated rings. The van der Waals surface area contributed by atoms with Crippen molar-refractivity contribution in [1.29, 1.82) is 0 Å². The number of aliphatic hydroxyl groups is 1. The summed E-state index contributed by atoms with van der Waals surface area (Å²) in [5, 5.41) is 11.0. The zero-order chi connectivity index (χ0) is 21.8. The molecule has 0 unspecified atom stereocenters. The molecule has 0 radical (unpaired) electrons. The molecule has 164 valence electrons. The minimum absolute atomic E-state index is 0.0870. The second-order valence-electron chi connectivity index (χ2n) is 8.58. The van der Waals surface area contributed by atoms with E-state index in [1.165, 1.54) is 0 Å². The van der Waals surface area contributed by atoms with Gasteiger partial charge < -0.3 is 19.6 Å². The van der Waals surface area contributed by atoms with Crippen LogP contribution in [-0.2, 0) is 21.7 Å². The number of nitrogens with zero attached hydrogens (tertiary/aromatic N) is 2. The Morgan fingerprint density at radius 1 is 1.13 bits per heavy atom. The molecule has 4 rings (SSSR count). The number of benzene rings is 2. The molecule has 2 aromatic rings. The third kappa shape index (κ3) is 4.74. The van der Waals surface area contributed by atoms with Gasteiger partial charge in [-0.15, -0.1) is 0 Å². The summed E-state index contributed by atoms with van der Waals surface area (Å²) in [4.78, 5) is 29.3. The second kappa shape index (κ2) is 9.10. The molecule has 0 bridgehead atoms. The van der Waals surface area contributed by atoms with Crippen LogP contribution < -0.4 is 4.74 Å². The van der Waals surface area contributed by atoms with E-state index in [1.54, 1.807) is 12.0 Å². The van der Waals surface area contributed by atoms with Crippen molar-refractivity contribution in [2.24, 2.45) is 5.92 Å². The third-order valence-corrected chi connectivity index (χ3v) is 6.57. The molecule has 1 N–H and O–H groups in total. The fourth-order valence-electron chi connectivity index (χ4n) is 4.65. The summed E-state index contributed by atoms with van der Waals surface area (Å²) in [6.45, 7) is 1.98. The van der Waals surface area contributed by atoms with E-state index >= 15 is 0 Å². The van der Waals surface area contributed by atoms with E-state index in [2.05, 4.69) is 0 Å². The van der Waals surface area contributed by atoms with Crippen molar-refractivity contribution in [1.82, 2.24) is 9.80 Å². The van der Waals surface area contributed by atoms with Crippen molar-refractivity contribution >= 4 is 11.8 Å². The number of hydrogen-bond donors (Lipinski definition) is 1. The highest BCUT2D eigenvalue weighted by atomic mass is 16.5. The van der Waals surface area contributed by atoms with Gasteiger partial charge in [0.05, 0.1) is 18.6 Å². The summed E-state index contributed by atoms with van der Waals surface area (Å²) in [7, 11) is 1.62. The Balaban J connectivity index is 1.37. The van der Waals surface area contributed by atoms with E-state index < -0.39 is 5.60 Å². The first-order chi connectivity index (χ1) is 15.0. The van der Waals surface area contributed by atoms with Gasteiger partial charge in [-0.05, 0) is 42.5 Å². The summed E-state index contributed by atoms with van der Waals surface area (Å²) in [5.74, 6) is 0.752. The van der Waals surface area contributed by atoms with Crippen LogP contribution in [0.15, 0.2) is 54.6 Å². The van der Waals surface area contributed by atoms with Crippen LogP contribution >= 0.6 is 0 Å². The Morgan fingerprint density at radius 3 is 2.58 bits per heavy atom. The lowest BCUT2D eigenvalue weighted by Crippen LogP contribution is -2.50. The van der Waals surface area contributed by atoms with Crippen molar-refractivity contribution in [2.45, 2.75) is 37.8 Å². The molecular weight excluding hydrogens is 392 g/mol. The Kier molecular flexibility index (Phi) is 6.28. The van der Waals surface area contributed by atoms with Gasteiger partial charge in [-0.3, -0.25) is 9.59 Å². The fourth-order valence-corrected chi connectivity index (χ4v) is 4.65. The van der Waals surface area contributed by atoms with E-state index in [0.717, 1.165) is 16.9 Å². The SMILES string of the molecule is COc1cccc(CN2C[C@H](C(=O)N3CCC(O)(c4ccccc4)CC3)CCC2=O)c1. The molecule has 1 atom stereocenters. The van der Waals surface area contributed by atoms with Crippen LogP contribution in [0, 0.1) is 5.92 Å². The van der Waals surface area contributed by atoms with Gasteiger partial charge in [0.2, 0.25) is 11.8 Å². The highest BCUT2D eigenvalue weighted by Gasteiger charge is 2.38. The number of hydrogen-bond acceptors (Lipinski definition) is 4. The topological polar surface area (TPSA) is 70.1 Å². The second-order valence-corrected chi connectivity index (χ2v) is 8.58. The number of ether oxygens (including phenoxy) is 1. The number of carbonyl (C=O) groups excluding carboxylic acids is 2. The minimum atomic E-state index is -0.876. The highest BCUT2D eigenvalue weighted by molar-refractivity contribution is 5.84. The van der Waals surface area contributed by atoms with Crippen LogP contribution in [0.25, 0.3) is 0 Å². The van der Waals surface area contributed by atoms with Gasteiger partial charge in [-0.1, -0.05) is 42.5 Å². The van der Waals surface area contributed by atoms with E-state index in [9.17, 15) is 14.7 Å². The van der Waals surface area contributed by atoms with Gasteiger partial charge >= 0.3 is 0 Å². The van der Waals surface area contributed by atoms with Crippen molar-refractivity contribution in [3.8, 4) is 5.75 Å². The van der Waals surface area contributed by atoms with Gasteiger partial charge in [0.25, 0.3) is 0 Å². The monoisotopic (exact) mass is 422 g/mol. The molecule has 0 aliphatic carbocycles. The smallest absolute Gasteiger partial charge is 0.227 e. The third-order valence-electron chi connectivity index (χ3n) is 6.57. The van der Waals surface area contributed by atoms with Crippen molar-refractivity contribution in [3.63, 3.8) is 0 Å². The normalized spacial score (nSPS) is 21.1. The maximum absolute atomic E-state index is 13.2. The zero-order valence-electron chi connectivity index (χ0n) is 18.0. The highest BCUT2D eigenvalue weighted by Crippen LogP contribution is 2.34. The lowest BCUT2D eigenvalue weighted by Gasteiger charge is -2.41. The molecule has 2 aliphatic rings. The maximum atomic E-state index is 13.2. The van der Waals surface area contributed by atoms with Crippen LogP contribution in [0.4, 0.5) is 0 Å². The van der Waals surface area contributed by atoms with Gasteiger partial charge in [0.1, 0.15) is 5.75 Å². The van der Waals surface area contributed by atoms with Crippen LogP contribution in [-0.4, -0.2) is 53.5 Å². The van der Waals surface area contributed by atoms with Gasteiger partial charge in [0, 0.05) is 32.6 Å². The average Bonchev–Trinajstić information content (AvgIpc) is 2.81. The first-order valence-electron chi connectivity index (χ1n) is 11.0. The van der Waals surface area contributed by atoms with Crippen LogP contribution in [0.1, 0.15) is 36.8 Å². The molecule has 2 aliphatic heterocycles. The molecule has 2 heterocycles. The lowest BCUT2D eigenvalue weighted by molar-refractivity contribution is -0.146. The number of methoxy groups -OCH3 is 1. The number of carbonyl (C=O) groups is 2. The summed E-state index contributed by atoms with van der Waals surface area (Å²) >= 11 is 0. The molecule has 2 amide bonds. The minimum Gasteiger partial charge on any atom is -0.497 e. The largest absolute Gasteiger partial charge is 0.497 e. The fraction of sp³-hybridized carbons (Fsp3) is 0.440. The van der Waals surface area contributed by atoms with E-state index in [0.29, 0.717) is 51.9 Å². The maximum Gasteiger partial charge on any atom is 0.227 e. The summed E-state index contributed by atoms with van der Waals surface area (Å²) < 4.78 is 5.27. The van der Waals surface area contributed by atoms with Crippen molar-refractivity contribution in [3.05, 3.63) is 65.7 Å². The Morgan fingerprint density at radius 2 is 1.87 bits per heavy atom. The molecule has 0 spiro atoms. The number of amides is 2. The predicted molar refractivity (Wildman–Crippen MR) is 117 cm³/mol. The molecule has 0 aromatic heterocycles. The molecule has 2 aromatic carbocycles. The predicted octanol–water partition coefficient (Wildman–Crippen LogP) is 2.94. The number of piperidine rings is 2. The lowest BCUT2D eigenvalue weighted by atomic mass is 9.84. The van der Waals surface area contributed by atoms with Crippen LogP contribution in [0.5, 0.6) is 5.75 Å². The van der Waals surface area contributed by atoms with Gasteiger partial charge in [-0.2, -0.15) is 0 Å². The first kappa shape index (κ1) is 21.4.